The van der Waals surface area contributed by atoms with E-state index in [0.29, 0.717) is 6.54 Å². The zero-order valence-electron chi connectivity index (χ0n) is 8.45. The number of carbonyl (C=O) groups is 1. The highest BCUT2D eigenvalue weighted by molar-refractivity contribution is 5.71. The topological polar surface area (TPSA) is 58.4 Å². The normalized spacial score (nSPS) is 9.86. The Labute approximate surface area is 83.7 Å². The maximum Gasteiger partial charge on any atom is 0.329 e. The van der Waals surface area contributed by atoms with Gasteiger partial charge in [0.2, 0.25) is 0 Å². The fourth-order valence-corrected chi connectivity index (χ4v) is 1.14. The first kappa shape index (κ1) is 10.5. The molecule has 0 saturated carbocycles. The van der Waals surface area contributed by atoms with Crippen LogP contribution in [-0.2, 0) is 6.54 Å². The van der Waals surface area contributed by atoms with Crippen LogP contribution in [0.4, 0.5) is 4.79 Å². The van der Waals surface area contributed by atoms with Crippen LogP contribution >= 0.6 is 0 Å². The van der Waals surface area contributed by atoms with Gasteiger partial charge in [-0.25, -0.2) is 10.2 Å². The van der Waals surface area contributed by atoms with Crippen LogP contribution in [0.25, 0.3) is 0 Å². The average molecular weight is 193 g/mol. The summed E-state index contributed by atoms with van der Waals surface area (Å²) in [5.41, 5.74) is 10.1. The highest BCUT2D eigenvalue weighted by Gasteiger charge is 2.06. The van der Waals surface area contributed by atoms with Crippen molar-refractivity contribution in [2.75, 3.05) is 7.05 Å². The minimum atomic E-state index is -0.479. The molecule has 0 aromatic heterocycles. The molecule has 0 fully saturated rings. The maximum atomic E-state index is 10.9. The molecule has 0 aliphatic heterocycles. The van der Waals surface area contributed by atoms with Crippen LogP contribution in [0.5, 0.6) is 0 Å². The molecule has 76 valence electrons. The summed E-state index contributed by atoms with van der Waals surface area (Å²) in [6.45, 7) is 2.50. The molecule has 4 heteroatoms. The third-order valence-electron chi connectivity index (χ3n) is 2.00. The molecule has 3 N–H and O–H groups in total. The molecule has 0 atom stereocenters. The predicted octanol–water partition coefficient (Wildman–Crippen LogP) is 1.01. The molecule has 1 aromatic rings. The van der Waals surface area contributed by atoms with E-state index in [1.807, 2.05) is 31.2 Å². The van der Waals surface area contributed by atoms with Gasteiger partial charge in [0.1, 0.15) is 0 Å². The molecule has 4 nitrogen and oxygen atoms in total. The van der Waals surface area contributed by atoms with Crippen molar-refractivity contribution in [3.05, 3.63) is 35.4 Å². The van der Waals surface area contributed by atoms with Gasteiger partial charge in [-0.1, -0.05) is 29.8 Å². The molecule has 0 heterocycles. The van der Waals surface area contributed by atoms with Crippen molar-refractivity contribution >= 4 is 6.03 Å². The lowest BCUT2D eigenvalue weighted by atomic mass is 10.1. The Morgan fingerprint density at radius 3 is 2.43 bits per heavy atom. The number of urea groups is 1. The molecule has 0 aliphatic carbocycles. The lowest BCUT2D eigenvalue weighted by Crippen LogP contribution is -2.43. The number of nitrogens with one attached hydrogen (secondary N) is 1. The Kier molecular flexibility index (Phi) is 3.48. The third kappa shape index (κ3) is 2.74. The van der Waals surface area contributed by atoms with Crippen molar-refractivity contribution in [1.82, 2.24) is 10.4 Å². The van der Waals surface area contributed by atoms with Gasteiger partial charge >= 0.3 is 6.03 Å². The maximum absolute atomic E-state index is 10.9. The van der Waals surface area contributed by atoms with Crippen LogP contribution < -0.4 is 11.2 Å². The number of hydrogen-bond donors (Lipinski definition) is 2. The van der Waals surface area contributed by atoms with Gasteiger partial charge in [0, 0.05) is 7.05 Å². The van der Waals surface area contributed by atoms with Crippen LogP contribution in [-0.4, -0.2) is 18.1 Å². The Bertz CT molecular complexity index is 308. The van der Waals surface area contributed by atoms with Crippen molar-refractivity contribution in [3.63, 3.8) is 0 Å². The number of hydrogen-bond acceptors (Lipinski definition) is 2. The van der Waals surface area contributed by atoms with Crippen LogP contribution in [0.1, 0.15) is 11.1 Å². The van der Waals surface area contributed by atoms with Gasteiger partial charge in [0.05, 0.1) is 6.54 Å². The second-order valence-electron chi connectivity index (χ2n) is 3.13. The van der Waals surface area contributed by atoms with Gasteiger partial charge in [-0.15, -0.1) is 0 Å². The number of nitrogens with zero attached hydrogens (tertiary/aromatic N) is 1. The van der Waals surface area contributed by atoms with Crippen molar-refractivity contribution < 1.29 is 4.79 Å². The third-order valence-corrected chi connectivity index (χ3v) is 2.00. The number of rotatable bonds is 3. The van der Waals surface area contributed by atoms with E-state index in [2.05, 4.69) is 5.43 Å². The highest BCUT2D eigenvalue weighted by Crippen LogP contribution is 2.05. The summed E-state index contributed by atoms with van der Waals surface area (Å²) in [6.07, 6.45) is 0. The number of hydrazine groups is 1. The molecular weight excluding hydrogens is 178 g/mol. The van der Waals surface area contributed by atoms with Crippen molar-refractivity contribution in [3.8, 4) is 0 Å². The molecule has 0 saturated heterocycles. The molecule has 1 rings (SSSR count). The summed E-state index contributed by atoms with van der Waals surface area (Å²) in [6, 6.07) is 7.48. The van der Waals surface area contributed by atoms with E-state index >= 15 is 0 Å². The van der Waals surface area contributed by atoms with Gasteiger partial charge in [-0.3, -0.25) is 5.01 Å². The molecule has 0 spiro atoms. The lowest BCUT2D eigenvalue weighted by molar-refractivity contribution is 0.183. The van der Waals surface area contributed by atoms with E-state index in [1.54, 1.807) is 7.05 Å². The predicted molar refractivity (Wildman–Crippen MR) is 55.4 cm³/mol. The SMILES string of the molecule is CNN(Cc1ccc(C)cc1)C(N)=O. The van der Waals surface area contributed by atoms with Gasteiger partial charge in [0.25, 0.3) is 0 Å². The van der Waals surface area contributed by atoms with E-state index in [1.165, 1.54) is 10.6 Å². The summed E-state index contributed by atoms with van der Waals surface area (Å²) in [5.74, 6) is 0. The monoisotopic (exact) mass is 193 g/mol. The molecular formula is C10H15N3O. The number of primary amides is 1. The van der Waals surface area contributed by atoms with E-state index in [0.717, 1.165) is 5.56 Å². The molecule has 14 heavy (non-hydrogen) atoms. The second kappa shape index (κ2) is 4.62. The van der Waals surface area contributed by atoms with E-state index in [9.17, 15) is 4.79 Å². The summed E-state index contributed by atoms with van der Waals surface area (Å²) >= 11 is 0. The minimum Gasteiger partial charge on any atom is -0.350 e. The molecule has 0 unspecified atom stereocenters. The van der Waals surface area contributed by atoms with Crippen LogP contribution in [0, 0.1) is 6.92 Å². The Hall–Kier alpha value is -1.55. The van der Waals surface area contributed by atoms with Gasteiger partial charge in [-0.2, -0.15) is 0 Å². The quantitative estimate of drug-likeness (QED) is 0.704. The molecule has 0 aliphatic rings. The van der Waals surface area contributed by atoms with Crippen LogP contribution in [0.2, 0.25) is 0 Å². The van der Waals surface area contributed by atoms with E-state index < -0.39 is 6.03 Å². The highest BCUT2D eigenvalue weighted by atomic mass is 16.2. The minimum absolute atomic E-state index is 0.478. The fourth-order valence-electron chi connectivity index (χ4n) is 1.14. The van der Waals surface area contributed by atoms with Gasteiger partial charge in [-0.05, 0) is 12.5 Å². The first-order valence-corrected chi connectivity index (χ1v) is 4.43. The van der Waals surface area contributed by atoms with Gasteiger partial charge in [0.15, 0.2) is 0 Å². The molecule has 1 aromatic carbocycles. The standard InChI is InChI=1S/C10H15N3O/c1-8-3-5-9(6-4-8)7-13(12-2)10(11)14/h3-6,12H,7H2,1-2H3,(H2,11,14). The van der Waals surface area contributed by atoms with E-state index in [-0.39, 0.29) is 0 Å². The van der Waals surface area contributed by atoms with Crippen LogP contribution in [0.15, 0.2) is 24.3 Å². The smallest absolute Gasteiger partial charge is 0.329 e. The zero-order chi connectivity index (χ0) is 10.6. The van der Waals surface area contributed by atoms with Gasteiger partial charge < -0.3 is 5.73 Å². The Morgan fingerprint density at radius 2 is 2.00 bits per heavy atom. The summed E-state index contributed by atoms with van der Waals surface area (Å²) in [7, 11) is 1.67. The first-order valence-electron chi connectivity index (χ1n) is 4.43. The lowest BCUT2D eigenvalue weighted by Gasteiger charge is -2.18. The number of nitrogens with two attached hydrogens (primary N) is 1. The Morgan fingerprint density at radius 1 is 1.43 bits per heavy atom. The zero-order valence-corrected chi connectivity index (χ0v) is 8.45. The average Bonchev–Trinajstić information content (AvgIpc) is 2.16. The largest absolute Gasteiger partial charge is 0.350 e. The summed E-state index contributed by atoms with van der Waals surface area (Å²) in [5, 5.41) is 1.35. The Balaban J connectivity index is 2.67. The second-order valence-corrected chi connectivity index (χ2v) is 3.13. The van der Waals surface area contributed by atoms with E-state index in [4.69, 9.17) is 5.73 Å². The molecule has 2 amide bonds. The number of carbonyl (C=O) groups excluding carboxylic acids is 1. The van der Waals surface area contributed by atoms with Crippen LogP contribution in [0.3, 0.4) is 0 Å². The number of aryl methyl sites for hydroxylation is 1. The van der Waals surface area contributed by atoms with Crippen molar-refractivity contribution in [2.45, 2.75) is 13.5 Å². The number of benzene rings is 1. The summed E-state index contributed by atoms with van der Waals surface area (Å²) in [4.78, 5) is 10.9. The summed E-state index contributed by atoms with van der Waals surface area (Å²) < 4.78 is 0. The first-order chi connectivity index (χ1) is 6.63. The number of amides is 2. The molecule has 0 radical (unpaired) electrons. The molecule has 0 bridgehead atoms. The fraction of sp³-hybridized carbons (Fsp3) is 0.300. The van der Waals surface area contributed by atoms with Crippen molar-refractivity contribution in [1.29, 1.82) is 0 Å². The van der Waals surface area contributed by atoms with Crippen molar-refractivity contribution in [2.24, 2.45) is 5.73 Å².